The predicted molar refractivity (Wildman–Crippen MR) is 74.8 cm³/mol. The van der Waals surface area contributed by atoms with E-state index in [-0.39, 0.29) is 0 Å². The molecule has 0 saturated heterocycles. The zero-order chi connectivity index (χ0) is 12.8. The Morgan fingerprint density at radius 2 is 2.33 bits per heavy atom. The maximum Gasteiger partial charge on any atom is 0.0404 e. The fourth-order valence-corrected chi connectivity index (χ4v) is 3.15. The summed E-state index contributed by atoms with van der Waals surface area (Å²) in [6, 6.07) is 6.55. The Labute approximate surface area is 110 Å². The van der Waals surface area contributed by atoms with Crippen LogP contribution in [0.25, 0.3) is 0 Å². The number of hydrogen-bond acceptors (Lipinski definition) is 3. The van der Waals surface area contributed by atoms with Crippen molar-refractivity contribution in [3.05, 3.63) is 30.1 Å². The van der Waals surface area contributed by atoms with Crippen molar-refractivity contribution in [2.45, 2.75) is 51.5 Å². The first kappa shape index (κ1) is 13.5. The summed E-state index contributed by atoms with van der Waals surface area (Å²) >= 11 is 0. The first-order valence-corrected chi connectivity index (χ1v) is 7.15. The van der Waals surface area contributed by atoms with Gasteiger partial charge in [-0.25, -0.2) is 0 Å². The third kappa shape index (κ3) is 3.79. The first-order chi connectivity index (χ1) is 8.79. The maximum absolute atomic E-state index is 5.74. The van der Waals surface area contributed by atoms with Crippen LogP contribution < -0.4 is 11.3 Å². The second kappa shape index (κ2) is 6.86. The predicted octanol–water partition coefficient (Wildman–Crippen LogP) is 2.67. The molecule has 0 bridgehead atoms. The number of pyridine rings is 1. The lowest BCUT2D eigenvalue weighted by Gasteiger charge is -2.33. The van der Waals surface area contributed by atoms with Crippen LogP contribution in [0.3, 0.4) is 0 Å². The summed E-state index contributed by atoms with van der Waals surface area (Å²) in [7, 11) is 0. The van der Waals surface area contributed by atoms with Gasteiger partial charge in [0.2, 0.25) is 0 Å². The van der Waals surface area contributed by atoms with Gasteiger partial charge in [0.1, 0.15) is 0 Å². The lowest BCUT2D eigenvalue weighted by molar-refractivity contribution is 0.215. The molecule has 1 saturated carbocycles. The highest BCUT2D eigenvalue weighted by molar-refractivity contribution is 5.04. The van der Waals surface area contributed by atoms with Crippen LogP contribution in [0, 0.1) is 11.8 Å². The maximum atomic E-state index is 5.74. The summed E-state index contributed by atoms with van der Waals surface area (Å²) < 4.78 is 0. The number of nitrogens with one attached hydrogen (secondary N) is 1. The van der Waals surface area contributed by atoms with Crippen molar-refractivity contribution in [1.29, 1.82) is 0 Å². The van der Waals surface area contributed by atoms with Crippen LogP contribution in [0.4, 0.5) is 0 Å². The average Bonchev–Trinajstić information content (AvgIpc) is 2.41. The van der Waals surface area contributed by atoms with Gasteiger partial charge in [0.05, 0.1) is 0 Å². The van der Waals surface area contributed by atoms with E-state index in [1.165, 1.54) is 31.4 Å². The Morgan fingerprint density at radius 3 is 3.00 bits per heavy atom. The molecule has 1 aliphatic rings. The van der Waals surface area contributed by atoms with E-state index in [9.17, 15) is 0 Å². The molecule has 1 aromatic rings. The molecular weight excluding hydrogens is 222 g/mol. The van der Waals surface area contributed by atoms with Crippen molar-refractivity contribution >= 4 is 0 Å². The largest absolute Gasteiger partial charge is 0.271 e. The van der Waals surface area contributed by atoms with E-state index in [1.807, 2.05) is 12.3 Å². The van der Waals surface area contributed by atoms with Crippen LogP contribution in [-0.4, -0.2) is 11.0 Å². The summed E-state index contributed by atoms with van der Waals surface area (Å²) in [4.78, 5) is 4.38. The topological polar surface area (TPSA) is 50.9 Å². The Bertz CT molecular complexity index is 339. The van der Waals surface area contributed by atoms with Crippen molar-refractivity contribution in [3.63, 3.8) is 0 Å². The van der Waals surface area contributed by atoms with Gasteiger partial charge in [-0.15, -0.1) is 0 Å². The molecule has 18 heavy (non-hydrogen) atoms. The number of aromatic nitrogens is 1. The van der Waals surface area contributed by atoms with Crippen LogP contribution >= 0.6 is 0 Å². The van der Waals surface area contributed by atoms with E-state index < -0.39 is 0 Å². The Balaban J connectivity index is 1.85. The molecular formula is C15H25N3. The molecule has 2 rings (SSSR count). The van der Waals surface area contributed by atoms with Gasteiger partial charge >= 0.3 is 0 Å². The Hall–Kier alpha value is -0.930. The van der Waals surface area contributed by atoms with Crippen LogP contribution in [0.5, 0.6) is 0 Å². The SMILES string of the molecule is CC1CCCC(C(CCc2ccccn2)NN)C1. The number of rotatable bonds is 5. The zero-order valence-corrected chi connectivity index (χ0v) is 11.3. The molecule has 3 heteroatoms. The smallest absolute Gasteiger partial charge is 0.0404 e. The minimum atomic E-state index is 0.440. The van der Waals surface area contributed by atoms with E-state index in [0.29, 0.717) is 6.04 Å². The van der Waals surface area contributed by atoms with E-state index in [4.69, 9.17) is 5.84 Å². The number of nitrogens with zero attached hydrogens (tertiary/aromatic N) is 1. The van der Waals surface area contributed by atoms with E-state index in [1.54, 1.807) is 0 Å². The Morgan fingerprint density at radius 1 is 1.44 bits per heavy atom. The summed E-state index contributed by atoms with van der Waals surface area (Å²) in [6.07, 6.45) is 9.34. The summed E-state index contributed by atoms with van der Waals surface area (Å²) in [5.41, 5.74) is 4.20. The molecule has 100 valence electrons. The second-order valence-electron chi connectivity index (χ2n) is 5.66. The molecule has 1 fully saturated rings. The molecule has 0 aliphatic heterocycles. The quantitative estimate of drug-likeness (QED) is 0.621. The van der Waals surface area contributed by atoms with Gasteiger partial charge in [-0.05, 0) is 49.7 Å². The van der Waals surface area contributed by atoms with Gasteiger partial charge < -0.3 is 0 Å². The highest BCUT2D eigenvalue weighted by Crippen LogP contribution is 2.31. The third-order valence-electron chi connectivity index (χ3n) is 4.20. The molecule has 1 heterocycles. The molecule has 3 N–H and O–H groups in total. The highest BCUT2D eigenvalue weighted by Gasteiger charge is 2.25. The van der Waals surface area contributed by atoms with E-state index in [2.05, 4.69) is 29.5 Å². The monoisotopic (exact) mass is 247 g/mol. The highest BCUT2D eigenvalue weighted by atomic mass is 15.2. The fraction of sp³-hybridized carbons (Fsp3) is 0.667. The van der Waals surface area contributed by atoms with Crippen molar-refractivity contribution in [1.82, 2.24) is 10.4 Å². The summed E-state index contributed by atoms with van der Waals surface area (Å²) in [5.74, 6) is 7.34. The Kier molecular flexibility index (Phi) is 5.14. The van der Waals surface area contributed by atoms with Gasteiger partial charge in [-0.2, -0.15) is 0 Å². The average molecular weight is 247 g/mol. The van der Waals surface area contributed by atoms with Crippen LogP contribution in [0.1, 0.15) is 44.7 Å². The normalized spacial score (nSPS) is 25.9. The molecule has 3 nitrogen and oxygen atoms in total. The summed E-state index contributed by atoms with van der Waals surface area (Å²) in [5, 5.41) is 0. The molecule has 1 aliphatic carbocycles. The lowest BCUT2D eigenvalue weighted by Crippen LogP contribution is -2.42. The summed E-state index contributed by atoms with van der Waals surface area (Å²) in [6.45, 7) is 2.36. The van der Waals surface area contributed by atoms with Crippen LogP contribution in [-0.2, 0) is 6.42 Å². The van der Waals surface area contributed by atoms with Crippen molar-refractivity contribution in [2.75, 3.05) is 0 Å². The van der Waals surface area contributed by atoms with Gasteiger partial charge in [0.25, 0.3) is 0 Å². The molecule has 0 spiro atoms. The molecule has 0 radical (unpaired) electrons. The second-order valence-corrected chi connectivity index (χ2v) is 5.66. The number of hydrazine groups is 1. The number of aryl methyl sites for hydroxylation is 1. The molecule has 3 unspecified atom stereocenters. The molecule has 0 amide bonds. The third-order valence-corrected chi connectivity index (χ3v) is 4.20. The zero-order valence-electron chi connectivity index (χ0n) is 11.3. The minimum absolute atomic E-state index is 0.440. The van der Waals surface area contributed by atoms with Gasteiger partial charge in [-0.1, -0.05) is 25.8 Å². The van der Waals surface area contributed by atoms with E-state index in [0.717, 1.165) is 24.7 Å². The van der Waals surface area contributed by atoms with Crippen molar-refractivity contribution < 1.29 is 0 Å². The molecule has 1 aromatic heterocycles. The van der Waals surface area contributed by atoms with Crippen LogP contribution in [0.15, 0.2) is 24.4 Å². The number of hydrogen-bond donors (Lipinski definition) is 2. The first-order valence-electron chi connectivity index (χ1n) is 7.15. The van der Waals surface area contributed by atoms with Gasteiger partial charge in [-0.3, -0.25) is 16.3 Å². The van der Waals surface area contributed by atoms with E-state index >= 15 is 0 Å². The number of nitrogens with two attached hydrogens (primary N) is 1. The lowest BCUT2D eigenvalue weighted by atomic mass is 9.77. The minimum Gasteiger partial charge on any atom is -0.271 e. The van der Waals surface area contributed by atoms with Crippen LogP contribution in [0.2, 0.25) is 0 Å². The fourth-order valence-electron chi connectivity index (χ4n) is 3.15. The molecule has 0 aromatic carbocycles. The van der Waals surface area contributed by atoms with Crippen molar-refractivity contribution in [3.8, 4) is 0 Å². The van der Waals surface area contributed by atoms with Crippen molar-refractivity contribution in [2.24, 2.45) is 17.7 Å². The van der Waals surface area contributed by atoms with Gasteiger partial charge in [0.15, 0.2) is 0 Å². The standard InChI is InChI=1S/C15H25N3/c1-12-5-4-6-13(11-12)15(18-16)9-8-14-7-2-3-10-17-14/h2-3,7,10,12-13,15,18H,4-6,8-9,11,16H2,1H3. The molecule has 3 atom stereocenters. The van der Waals surface area contributed by atoms with Gasteiger partial charge in [0, 0.05) is 17.9 Å².